The van der Waals surface area contributed by atoms with Gasteiger partial charge >= 0.3 is 5.97 Å². The fourth-order valence-corrected chi connectivity index (χ4v) is 4.52. The van der Waals surface area contributed by atoms with Crippen LogP contribution in [0.1, 0.15) is 29.5 Å². The standard InChI is InChI=1S/C19H21NO3S2/c1-15(7-4-12-20-10-2-3-11-20)23-18(21)19(22,16-8-5-13-24-16)17-9-6-14-25-17/h5-6,8-9,13-15,22H,2-3,10-12H2,1H3. The average Bonchev–Trinajstić information content (AvgIpc) is 3.35. The Morgan fingerprint density at radius 3 is 2.40 bits per heavy atom. The van der Waals surface area contributed by atoms with Gasteiger partial charge in [-0.3, -0.25) is 4.90 Å². The van der Waals surface area contributed by atoms with Crippen molar-refractivity contribution in [1.29, 1.82) is 0 Å². The van der Waals surface area contributed by atoms with Crippen LogP contribution in [0, 0.1) is 11.8 Å². The fourth-order valence-electron chi connectivity index (χ4n) is 2.81. The second-order valence-corrected chi connectivity index (χ2v) is 7.91. The van der Waals surface area contributed by atoms with Crippen molar-refractivity contribution in [2.75, 3.05) is 19.6 Å². The van der Waals surface area contributed by atoms with Gasteiger partial charge in [0.2, 0.25) is 5.60 Å². The van der Waals surface area contributed by atoms with Crippen LogP contribution in [0.3, 0.4) is 0 Å². The second-order valence-electron chi connectivity index (χ2n) is 6.02. The molecule has 0 aromatic carbocycles. The molecule has 1 aliphatic heterocycles. The molecule has 4 nitrogen and oxygen atoms in total. The average molecular weight is 376 g/mol. The zero-order chi connectivity index (χ0) is 17.7. The number of aliphatic hydroxyl groups is 1. The van der Waals surface area contributed by atoms with E-state index in [9.17, 15) is 9.90 Å². The highest BCUT2D eigenvalue weighted by atomic mass is 32.1. The Hall–Kier alpha value is -1.65. The first-order chi connectivity index (χ1) is 12.1. The summed E-state index contributed by atoms with van der Waals surface area (Å²) in [5.74, 6) is 5.36. The number of esters is 1. The Morgan fingerprint density at radius 1 is 1.28 bits per heavy atom. The highest BCUT2D eigenvalue weighted by molar-refractivity contribution is 7.12. The van der Waals surface area contributed by atoms with Crippen molar-refractivity contribution in [2.45, 2.75) is 31.5 Å². The van der Waals surface area contributed by atoms with E-state index in [0.717, 1.165) is 13.1 Å². The van der Waals surface area contributed by atoms with Crippen LogP contribution in [-0.4, -0.2) is 41.7 Å². The second kappa shape index (κ2) is 8.15. The molecule has 0 spiro atoms. The number of hydrogen-bond donors (Lipinski definition) is 1. The van der Waals surface area contributed by atoms with Gasteiger partial charge in [0.1, 0.15) is 0 Å². The molecular weight excluding hydrogens is 354 g/mol. The van der Waals surface area contributed by atoms with Crippen LogP contribution in [0.2, 0.25) is 0 Å². The lowest BCUT2D eigenvalue weighted by Gasteiger charge is -2.24. The molecule has 2 aromatic heterocycles. The van der Waals surface area contributed by atoms with E-state index < -0.39 is 17.7 Å². The van der Waals surface area contributed by atoms with Crippen molar-refractivity contribution in [2.24, 2.45) is 0 Å². The van der Waals surface area contributed by atoms with Crippen molar-refractivity contribution >= 4 is 28.6 Å². The Bertz CT molecular complexity index is 703. The molecule has 2 aromatic rings. The van der Waals surface area contributed by atoms with Crippen molar-refractivity contribution in [3.05, 3.63) is 44.8 Å². The smallest absolute Gasteiger partial charge is 0.350 e. The van der Waals surface area contributed by atoms with Crippen LogP contribution in [-0.2, 0) is 15.1 Å². The predicted molar refractivity (Wildman–Crippen MR) is 101 cm³/mol. The summed E-state index contributed by atoms with van der Waals surface area (Å²) in [4.78, 5) is 16.1. The summed E-state index contributed by atoms with van der Waals surface area (Å²) in [6.07, 6.45) is 1.88. The molecule has 0 radical (unpaired) electrons. The SMILES string of the molecule is CC(C#CCN1CCCC1)OC(=O)C(O)(c1cccs1)c1cccs1. The summed E-state index contributed by atoms with van der Waals surface area (Å²) < 4.78 is 5.46. The molecule has 0 amide bonds. The molecule has 1 atom stereocenters. The lowest BCUT2D eigenvalue weighted by atomic mass is 10.00. The third kappa shape index (κ3) is 4.13. The van der Waals surface area contributed by atoms with Gasteiger partial charge in [-0.25, -0.2) is 4.79 Å². The van der Waals surface area contributed by atoms with E-state index in [0.29, 0.717) is 16.3 Å². The number of likely N-dealkylation sites (tertiary alicyclic amines) is 1. The molecule has 1 aliphatic rings. The number of thiophene rings is 2. The number of carbonyl (C=O) groups excluding carboxylic acids is 1. The zero-order valence-electron chi connectivity index (χ0n) is 14.1. The zero-order valence-corrected chi connectivity index (χ0v) is 15.7. The van der Waals surface area contributed by atoms with Gasteiger partial charge in [0, 0.05) is 0 Å². The van der Waals surface area contributed by atoms with Gasteiger partial charge < -0.3 is 9.84 Å². The fraction of sp³-hybridized carbons (Fsp3) is 0.421. The normalized spacial score (nSPS) is 16.2. The molecule has 132 valence electrons. The van der Waals surface area contributed by atoms with Crippen LogP contribution in [0.25, 0.3) is 0 Å². The maximum Gasteiger partial charge on any atom is 0.350 e. The number of carbonyl (C=O) groups is 1. The summed E-state index contributed by atoms with van der Waals surface area (Å²) in [5.41, 5.74) is -1.77. The van der Waals surface area contributed by atoms with Crippen LogP contribution in [0.15, 0.2) is 35.0 Å². The van der Waals surface area contributed by atoms with Gasteiger partial charge in [0.25, 0.3) is 0 Å². The molecule has 0 bridgehead atoms. The number of ether oxygens (including phenoxy) is 1. The van der Waals surface area contributed by atoms with Crippen LogP contribution >= 0.6 is 22.7 Å². The minimum atomic E-state index is -1.77. The van der Waals surface area contributed by atoms with Crippen LogP contribution in [0.5, 0.6) is 0 Å². The quantitative estimate of drug-likeness (QED) is 0.645. The summed E-state index contributed by atoms with van der Waals surface area (Å²) in [5, 5.41) is 14.8. The highest BCUT2D eigenvalue weighted by Crippen LogP contribution is 2.36. The summed E-state index contributed by atoms with van der Waals surface area (Å²) in [6.45, 7) is 4.60. The predicted octanol–water partition coefficient (Wildman–Crippen LogP) is 3.08. The Labute approximate surface area is 156 Å². The monoisotopic (exact) mass is 375 g/mol. The van der Waals surface area contributed by atoms with Crippen molar-refractivity contribution < 1.29 is 14.6 Å². The summed E-state index contributed by atoms with van der Waals surface area (Å²) >= 11 is 2.66. The Kier molecular flexibility index (Phi) is 5.92. The first-order valence-electron chi connectivity index (χ1n) is 8.33. The minimum absolute atomic E-state index is 0.553. The largest absolute Gasteiger partial charge is 0.447 e. The molecule has 1 saturated heterocycles. The number of nitrogens with zero attached hydrogens (tertiary/aromatic N) is 1. The van der Waals surface area contributed by atoms with Crippen LogP contribution < -0.4 is 0 Å². The third-order valence-corrected chi connectivity index (χ3v) is 6.10. The third-order valence-electron chi connectivity index (χ3n) is 4.14. The van der Waals surface area contributed by atoms with Gasteiger partial charge in [0.15, 0.2) is 6.10 Å². The van der Waals surface area contributed by atoms with E-state index in [1.807, 2.05) is 22.9 Å². The maximum atomic E-state index is 12.8. The number of rotatable bonds is 5. The van der Waals surface area contributed by atoms with Crippen molar-refractivity contribution in [3.63, 3.8) is 0 Å². The van der Waals surface area contributed by atoms with E-state index in [2.05, 4.69) is 16.7 Å². The molecule has 0 saturated carbocycles. The minimum Gasteiger partial charge on any atom is -0.447 e. The van der Waals surface area contributed by atoms with Gasteiger partial charge in [-0.15, -0.1) is 22.7 Å². The topological polar surface area (TPSA) is 49.8 Å². The molecule has 3 rings (SSSR count). The van der Waals surface area contributed by atoms with Crippen molar-refractivity contribution in [3.8, 4) is 11.8 Å². The molecule has 6 heteroatoms. The van der Waals surface area contributed by atoms with E-state index in [1.54, 1.807) is 19.1 Å². The van der Waals surface area contributed by atoms with Crippen molar-refractivity contribution in [1.82, 2.24) is 4.90 Å². The first-order valence-corrected chi connectivity index (χ1v) is 10.1. The number of hydrogen-bond acceptors (Lipinski definition) is 6. The van der Waals surface area contributed by atoms with E-state index >= 15 is 0 Å². The maximum absolute atomic E-state index is 12.8. The molecule has 1 N–H and O–H groups in total. The molecule has 25 heavy (non-hydrogen) atoms. The molecule has 0 aliphatic carbocycles. The van der Waals surface area contributed by atoms with Gasteiger partial charge in [-0.2, -0.15) is 0 Å². The lowest BCUT2D eigenvalue weighted by Crippen LogP contribution is -2.38. The van der Waals surface area contributed by atoms with E-state index in [4.69, 9.17) is 4.74 Å². The highest BCUT2D eigenvalue weighted by Gasteiger charge is 2.44. The summed E-state index contributed by atoms with van der Waals surface area (Å²) in [7, 11) is 0. The molecule has 3 heterocycles. The van der Waals surface area contributed by atoms with Crippen LogP contribution in [0.4, 0.5) is 0 Å². The van der Waals surface area contributed by atoms with E-state index in [1.165, 1.54) is 35.5 Å². The molecule has 1 fully saturated rings. The van der Waals surface area contributed by atoms with Gasteiger partial charge in [-0.1, -0.05) is 24.0 Å². The lowest BCUT2D eigenvalue weighted by molar-refractivity contribution is -0.163. The van der Waals surface area contributed by atoms with E-state index in [-0.39, 0.29) is 0 Å². The Balaban J connectivity index is 1.70. The molecular formula is C19H21NO3S2. The summed E-state index contributed by atoms with van der Waals surface area (Å²) in [6, 6.07) is 7.11. The van der Waals surface area contributed by atoms with Gasteiger partial charge in [-0.05, 0) is 55.7 Å². The Morgan fingerprint density at radius 2 is 1.88 bits per heavy atom. The molecule has 1 unspecified atom stereocenters. The first kappa shape index (κ1) is 18.2. The van der Waals surface area contributed by atoms with Gasteiger partial charge in [0.05, 0.1) is 16.3 Å².